The van der Waals surface area contributed by atoms with Crippen molar-refractivity contribution in [2.75, 3.05) is 48.3 Å². The predicted molar refractivity (Wildman–Crippen MR) is 118 cm³/mol. The van der Waals surface area contributed by atoms with Crippen LogP contribution >= 0.6 is 0 Å². The Hall–Kier alpha value is -3.33. The van der Waals surface area contributed by atoms with Gasteiger partial charge in [-0.25, -0.2) is 4.79 Å². The molecular weight excluding hydrogens is 414 g/mol. The van der Waals surface area contributed by atoms with Gasteiger partial charge in [-0.1, -0.05) is 6.07 Å². The predicted octanol–water partition coefficient (Wildman–Crippen LogP) is 2.47. The summed E-state index contributed by atoms with van der Waals surface area (Å²) in [4.78, 5) is 14.8. The van der Waals surface area contributed by atoms with E-state index in [0.29, 0.717) is 41.7 Å². The zero-order chi connectivity index (χ0) is 22.7. The van der Waals surface area contributed by atoms with E-state index in [9.17, 15) is 4.79 Å². The summed E-state index contributed by atoms with van der Waals surface area (Å²) in [5, 5.41) is 6.01. The highest BCUT2D eigenvalue weighted by Gasteiger charge is 2.34. The molecule has 0 radical (unpaired) electrons. The lowest BCUT2D eigenvalue weighted by atomic mass is 9.95. The van der Waals surface area contributed by atoms with Crippen molar-refractivity contribution in [2.45, 2.75) is 19.0 Å². The molecule has 2 amide bonds. The van der Waals surface area contributed by atoms with Crippen LogP contribution in [0.2, 0.25) is 0 Å². The van der Waals surface area contributed by atoms with Crippen molar-refractivity contribution in [3.8, 4) is 28.7 Å². The van der Waals surface area contributed by atoms with Gasteiger partial charge in [-0.2, -0.15) is 0 Å². The molecule has 1 unspecified atom stereocenters. The van der Waals surface area contributed by atoms with Crippen LogP contribution in [-0.2, 0) is 12.8 Å². The summed E-state index contributed by atoms with van der Waals surface area (Å²) in [6.07, 6.45) is 1.15. The lowest BCUT2D eigenvalue weighted by Gasteiger charge is -2.36. The summed E-state index contributed by atoms with van der Waals surface area (Å²) in [6.45, 7) is 1.44. The molecule has 9 nitrogen and oxygen atoms in total. The lowest BCUT2D eigenvalue weighted by Crippen LogP contribution is -2.47. The van der Waals surface area contributed by atoms with E-state index >= 15 is 0 Å². The molecule has 0 bridgehead atoms. The molecule has 0 saturated carbocycles. The van der Waals surface area contributed by atoms with Crippen LogP contribution in [0.3, 0.4) is 0 Å². The number of urea groups is 1. The fourth-order valence-electron chi connectivity index (χ4n) is 4.15. The summed E-state index contributed by atoms with van der Waals surface area (Å²) < 4.78 is 27.4. The monoisotopic (exact) mass is 443 g/mol. The topological polar surface area (TPSA) is 90.5 Å². The lowest BCUT2D eigenvalue weighted by molar-refractivity contribution is 0.169. The number of carbonyl (C=O) groups is 1. The Morgan fingerprint density at radius 3 is 2.69 bits per heavy atom. The molecule has 2 aliphatic rings. The van der Waals surface area contributed by atoms with Gasteiger partial charge in [0, 0.05) is 18.7 Å². The summed E-state index contributed by atoms with van der Waals surface area (Å²) in [7, 11) is 6.78. The number of nitrogens with one attached hydrogen (secondary N) is 2. The zero-order valence-electron chi connectivity index (χ0n) is 18.8. The highest BCUT2D eigenvalue weighted by Crippen LogP contribution is 2.48. The smallest absolute Gasteiger partial charge is 0.316 e. The van der Waals surface area contributed by atoms with E-state index in [1.165, 1.54) is 0 Å². The molecule has 0 saturated heterocycles. The van der Waals surface area contributed by atoms with Crippen molar-refractivity contribution in [1.29, 1.82) is 0 Å². The molecule has 2 heterocycles. The normalized spacial score (nSPS) is 16.8. The summed E-state index contributed by atoms with van der Waals surface area (Å²) in [5.41, 5.74) is 3.03. The van der Waals surface area contributed by atoms with Crippen molar-refractivity contribution in [3.63, 3.8) is 0 Å². The molecule has 4 rings (SSSR count). The van der Waals surface area contributed by atoms with Crippen LogP contribution in [0.15, 0.2) is 24.3 Å². The van der Waals surface area contributed by atoms with Gasteiger partial charge in [-0.3, -0.25) is 4.90 Å². The van der Waals surface area contributed by atoms with Crippen LogP contribution < -0.4 is 34.3 Å². The van der Waals surface area contributed by atoms with Gasteiger partial charge in [-0.05, 0) is 49.2 Å². The number of rotatable bonds is 7. The molecule has 0 spiro atoms. The van der Waals surface area contributed by atoms with Gasteiger partial charge in [0.05, 0.1) is 21.3 Å². The van der Waals surface area contributed by atoms with Crippen LogP contribution in [0.5, 0.6) is 28.7 Å². The van der Waals surface area contributed by atoms with Gasteiger partial charge in [0.1, 0.15) is 6.17 Å². The first-order valence-electron chi connectivity index (χ1n) is 10.5. The second kappa shape index (κ2) is 9.44. The molecule has 172 valence electrons. The van der Waals surface area contributed by atoms with E-state index < -0.39 is 0 Å². The molecule has 2 aromatic rings. The fraction of sp³-hybridized carbons (Fsp3) is 0.435. The Labute approximate surface area is 187 Å². The minimum atomic E-state index is -0.343. The third kappa shape index (κ3) is 4.20. The Bertz CT molecular complexity index is 996. The maximum Gasteiger partial charge on any atom is 0.316 e. The van der Waals surface area contributed by atoms with Crippen LogP contribution in [0, 0.1) is 0 Å². The first kappa shape index (κ1) is 21.9. The molecule has 1 atom stereocenters. The minimum absolute atomic E-state index is 0.166. The average molecular weight is 444 g/mol. The van der Waals surface area contributed by atoms with Crippen molar-refractivity contribution in [3.05, 3.63) is 41.0 Å². The van der Waals surface area contributed by atoms with E-state index in [-0.39, 0.29) is 19.0 Å². The van der Waals surface area contributed by atoms with Gasteiger partial charge in [0.25, 0.3) is 0 Å². The standard InChI is InChI=1S/C23H29N3O6/c1-26-10-8-15-12-18-20(32-13-31-18)21(30-4)19(15)22(26)25-23(27)24-9-7-14-5-6-16(28-2)17(11-14)29-3/h5-6,11-12,22H,7-10,13H2,1-4H3,(H2,24,25,27). The molecule has 2 aromatic carbocycles. The van der Waals surface area contributed by atoms with E-state index in [1.54, 1.807) is 21.3 Å². The SMILES string of the molecule is COc1ccc(CCNC(=O)NC2c3c(cc4c(c3OC)OCO4)CCN2C)cc1OC. The Morgan fingerprint density at radius 1 is 1.12 bits per heavy atom. The molecule has 0 aromatic heterocycles. The number of likely N-dealkylation sites (N-methyl/N-ethyl adjacent to an activating group) is 1. The van der Waals surface area contributed by atoms with Gasteiger partial charge < -0.3 is 34.3 Å². The number of ether oxygens (including phenoxy) is 5. The second-order valence-electron chi connectivity index (χ2n) is 7.69. The number of amides is 2. The quantitative estimate of drug-likeness (QED) is 0.679. The maximum absolute atomic E-state index is 12.7. The fourth-order valence-corrected chi connectivity index (χ4v) is 4.15. The van der Waals surface area contributed by atoms with E-state index in [1.807, 2.05) is 31.3 Å². The molecule has 2 N–H and O–H groups in total. The van der Waals surface area contributed by atoms with Crippen LogP contribution in [0.25, 0.3) is 0 Å². The number of benzene rings is 2. The summed E-state index contributed by atoms with van der Waals surface area (Å²) >= 11 is 0. The largest absolute Gasteiger partial charge is 0.493 e. The Kier molecular flexibility index (Phi) is 6.45. The Balaban J connectivity index is 1.43. The molecule has 0 aliphatic carbocycles. The third-order valence-electron chi connectivity index (χ3n) is 5.81. The number of methoxy groups -OCH3 is 3. The van der Waals surface area contributed by atoms with Crippen molar-refractivity contribution in [2.24, 2.45) is 0 Å². The first-order valence-corrected chi connectivity index (χ1v) is 10.5. The van der Waals surface area contributed by atoms with Crippen molar-refractivity contribution >= 4 is 6.03 Å². The first-order chi connectivity index (χ1) is 15.5. The molecule has 0 fully saturated rings. The van der Waals surface area contributed by atoms with Gasteiger partial charge in [0.2, 0.25) is 12.5 Å². The van der Waals surface area contributed by atoms with Crippen LogP contribution in [0.1, 0.15) is 22.9 Å². The number of hydrogen-bond donors (Lipinski definition) is 2. The molecular formula is C23H29N3O6. The number of carbonyl (C=O) groups excluding carboxylic acids is 1. The van der Waals surface area contributed by atoms with Gasteiger partial charge in [0.15, 0.2) is 23.0 Å². The van der Waals surface area contributed by atoms with Gasteiger partial charge in [-0.15, -0.1) is 0 Å². The van der Waals surface area contributed by atoms with Crippen LogP contribution in [0.4, 0.5) is 4.79 Å². The summed E-state index contributed by atoms with van der Waals surface area (Å²) in [5.74, 6) is 3.22. The number of nitrogens with zero attached hydrogens (tertiary/aromatic N) is 1. The van der Waals surface area contributed by atoms with E-state index in [2.05, 4.69) is 15.5 Å². The van der Waals surface area contributed by atoms with Crippen LogP contribution in [-0.4, -0.2) is 59.2 Å². The van der Waals surface area contributed by atoms with Crippen molar-refractivity contribution in [1.82, 2.24) is 15.5 Å². The average Bonchev–Trinajstić information content (AvgIpc) is 3.27. The summed E-state index contributed by atoms with van der Waals surface area (Å²) in [6, 6.07) is 7.46. The highest BCUT2D eigenvalue weighted by molar-refractivity contribution is 5.75. The second-order valence-corrected chi connectivity index (χ2v) is 7.69. The van der Waals surface area contributed by atoms with Crippen molar-refractivity contribution < 1.29 is 28.5 Å². The number of fused-ring (bicyclic) bond motifs is 2. The third-order valence-corrected chi connectivity index (χ3v) is 5.81. The molecule has 9 heteroatoms. The maximum atomic E-state index is 12.7. The van der Waals surface area contributed by atoms with Gasteiger partial charge >= 0.3 is 6.03 Å². The molecule has 2 aliphatic heterocycles. The highest BCUT2D eigenvalue weighted by atomic mass is 16.7. The van der Waals surface area contributed by atoms with E-state index in [4.69, 9.17) is 23.7 Å². The zero-order valence-corrected chi connectivity index (χ0v) is 18.8. The Morgan fingerprint density at radius 2 is 1.94 bits per heavy atom. The van der Waals surface area contributed by atoms with E-state index in [0.717, 1.165) is 29.7 Å². The molecule has 32 heavy (non-hydrogen) atoms. The minimum Gasteiger partial charge on any atom is -0.493 e. The number of hydrogen-bond acceptors (Lipinski definition) is 7.